The van der Waals surface area contributed by atoms with Crippen molar-refractivity contribution in [1.29, 1.82) is 0 Å². The molecule has 0 spiro atoms. The number of para-hydroxylation sites is 1. The van der Waals surface area contributed by atoms with E-state index in [1.165, 1.54) is 6.07 Å². The van der Waals surface area contributed by atoms with E-state index in [1.54, 1.807) is 43.3 Å². The minimum atomic E-state index is -0.437. The Hall–Kier alpha value is -3.02. The molecule has 0 aliphatic heterocycles. The first-order chi connectivity index (χ1) is 10.0. The van der Waals surface area contributed by atoms with Gasteiger partial charge in [-0.1, -0.05) is 29.4 Å². The smallest absolute Gasteiger partial charge is 0.259 e. The van der Waals surface area contributed by atoms with Crippen LogP contribution >= 0.6 is 0 Å². The van der Waals surface area contributed by atoms with E-state index in [9.17, 15) is 9.90 Å². The summed E-state index contributed by atoms with van der Waals surface area (Å²) >= 11 is 0. The van der Waals surface area contributed by atoms with E-state index in [0.29, 0.717) is 16.8 Å². The van der Waals surface area contributed by atoms with E-state index in [4.69, 9.17) is 10.9 Å². The average molecular weight is 285 g/mol. The lowest BCUT2D eigenvalue weighted by Gasteiger charge is -2.09. The van der Waals surface area contributed by atoms with Crippen molar-refractivity contribution in [2.45, 2.75) is 6.92 Å². The van der Waals surface area contributed by atoms with Crippen LogP contribution in [0.4, 0.5) is 5.69 Å². The molecule has 2 aromatic rings. The summed E-state index contributed by atoms with van der Waals surface area (Å²) in [5, 5.41) is 24.1. The molecular formula is C15H15N3O3. The third-order valence-corrected chi connectivity index (χ3v) is 3.01. The summed E-state index contributed by atoms with van der Waals surface area (Å²) in [6, 6.07) is 11.5. The van der Waals surface area contributed by atoms with Gasteiger partial charge >= 0.3 is 0 Å². The molecule has 0 heterocycles. The number of hydrogen-bond acceptors (Lipinski definition) is 4. The van der Waals surface area contributed by atoms with Gasteiger partial charge in [0.2, 0.25) is 0 Å². The third kappa shape index (κ3) is 3.11. The second kappa shape index (κ2) is 5.96. The maximum absolute atomic E-state index is 12.2. The highest BCUT2D eigenvalue weighted by Gasteiger charge is 2.13. The van der Waals surface area contributed by atoms with Gasteiger partial charge in [0.15, 0.2) is 5.84 Å². The van der Waals surface area contributed by atoms with Gasteiger partial charge in [-0.2, -0.15) is 0 Å². The molecule has 108 valence electrons. The Labute approximate surface area is 121 Å². The van der Waals surface area contributed by atoms with Crippen molar-refractivity contribution in [3.05, 3.63) is 59.2 Å². The molecule has 1 amide bonds. The molecule has 5 N–H and O–H groups in total. The molecule has 0 saturated heterocycles. The van der Waals surface area contributed by atoms with Gasteiger partial charge in [-0.15, -0.1) is 0 Å². The number of aromatic hydroxyl groups is 1. The van der Waals surface area contributed by atoms with Crippen molar-refractivity contribution in [3.63, 3.8) is 0 Å². The first kappa shape index (κ1) is 14.4. The zero-order chi connectivity index (χ0) is 15.4. The van der Waals surface area contributed by atoms with Crippen LogP contribution in [-0.4, -0.2) is 22.1 Å². The lowest BCUT2D eigenvalue weighted by Crippen LogP contribution is -2.15. The van der Waals surface area contributed by atoms with Crippen LogP contribution in [0.2, 0.25) is 0 Å². The normalized spacial score (nSPS) is 11.2. The lowest BCUT2D eigenvalue weighted by atomic mass is 10.1. The highest BCUT2D eigenvalue weighted by atomic mass is 16.4. The van der Waals surface area contributed by atoms with Crippen molar-refractivity contribution in [2.75, 3.05) is 5.32 Å². The fourth-order valence-electron chi connectivity index (χ4n) is 1.85. The van der Waals surface area contributed by atoms with Gasteiger partial charge in [-0.05, 0) is 30.7 Å². The SMILES string of the molecule is Cc1cccc(C(=O)Nc2cccc(/C(N)=N/O)c2)c1O. The number of carbonyl (C=O) groups excluding carboxylic acids is 1. The van der Waals surface area contributed by atoms with Crippen molar-refractivity contribution in [2.24, 2.45) is 10.9 Å². The Bertz CT molecular complexity index is 711. The number of oxime groups is 1. The Kier molecular flexibility index (Phi) is 4.08. The number of benzene rings is 2. The van der Waals surface area contributed by atoms with Crippen LogP contribution < -0.4 is 11.1 Å². The Morgan fingerprint density at radius 3 is 2.67 bits per heavy atom. The van der Waals surface area contributed by atoms with Gasteiger partial charge in [0.05, 0.1) is 5.56 Å². The van der Waals surface area contributed by atoms with Crippen LogP contribution in [0, 0.1) is 6.92 Å². The Morgan fingerprint density at radius 2 is 1.95 bits per heavy atom. The van der Waals surface area contributed by atoms with Gasteiger partial charge < -0.3 is 21.4 Å². The molecule has 0 aromatic heterocycles. The number of phenolic OH excluding ortho intramolecular Hbond substituents is 1. The monoisotopic (exact) mass is 285 g/mol. The molecule has 0 radical (unpaired) electrons. The molecule has 2 aromatic carbocycles. The molecule has 0 atom stereocenters. The summed E-state index contributed by atoms with van der Waals surface area (Å²) in [7, 11) is 0. The predicted molar refractivity (Wildman–Crippen MR) is 79.7 cm³/mol. The number of nitrogens with one attached hydrogen (secondary N) is 1. The van der Waals surface area contributed by atoms with Crippen LogP contribution in [0.25, 0.3) is 0 Å². The van der Waals surface area contributed by atoms with E-state index in [0.717, 1.165) is 0 Å². The van der Waals surface area contributed by atoms with Crippen molar-refractivity contribution in [3.8, 4) is 5.75 Å². The maximum Gasteiger partial charge on any atom is 0.259 e. The number of aryl methyl sites for hydroxylation is 1. The number of hydrogen-bond donors (Lipinski definition) is 4. The molecule has 0 fully saturated rings. The number of carbonyl (C=O) groups is 1. The van der Waals surface area contributed by atoms with Crippen LogP contribution in [-0.2, 0) is 0 Å². The third-order valence-electron chi connectivity index (χ3n) is 3.01. The topological polar surface area (TPSA) is 108 Å². The molecule has 0 unspecified atom stereocenters. The van der Waals surface area contributed by atoms with E-state index >= 15 is 0 Å². The van der Waals surface area contributed by atoms with Gasteiger partial charge in [-0.3, -0.25) is 4.79 Å². The van der Waals surface area contributed by atoms with Crippen LogP contribution in [0.15, 0.2) is 47.6 Å². The fraction of sp³-hybridized carbons (Fsp3) is 0.0667. The molecule has 21 heavy (non-hydrogen) atoms. The highest BCUT2D eigenvalue weighted by Crippen LogP contribution is 2.22. The molecule has 6 heteroatoms. The maximum atomic E-state index is 12.2. The summed E-state index contributed by atoms with van der Waals surface area (Å²) in [6.45, 7) is 1.71. The van der Waals surface area contributed by atoms with Crippen LogP contribution in [0.1, 0.15) is 21.5 Å². The van der Waals surface area contributed by atoms with Gasteiger partial charge in [0.1, 0.15) is 5.75 Å². The predicted octanol–water partition coefficient (Wildman–Crippen LogP) is 2.05. The summed E-state index contributed by atoms with van der Waals surface area (Å²) in [4.78, 5) is 12.2. The summed E-state index contributed by atoms with van der Waals surface area (Å²) in [6.07, 6.45) is 0. The number of amides is 1. The largest absolute Gasteiger partial charge is 0.507 e. The summed E-state index contributed by atoms with van der Waals surface area (Å²) < 4.78 is 0. The van der Waals surface area contributed by atoms with Crippen LogP contribution in [0.3, 0.4) is 0 Å². The first-order valence-electron chi connectivity index (χ1n) is 6.21. The number of anilines is 1. The van der Waals surface area contributed by atoms with E-state index in [2.05, 4.69) is 10.5 Å². The molecule has 0 saturated carbocycles. The van der Waals surface area contributed by atoms with E-state index in [-0.39, 0.29) is 17.1 Å². The minimum absolute atomic E-state index is 0.0514. The van der Waals surface area contributed by atoms with Gasteiger partial charge in [-0.25, -0.2) is 0 Å². The van der Waals surface area contributed by atoms with E-state index < -0.39 is 5.91 Å². The number of rotatable bonds is 3. The fourth-order valence-corrected chi connectivity index (χ4v) is 1.85. The zero-order valence-corrected chi connectivity index (χ0v) is 11.4. The quantitative estimate of drug-likeness (QED) is 0.299. The number of phenols is 1. The molecule has 0 bridgehead atoms. The number of nitrogens with two attached hydrogens (primary N) is 1. The lowest BCUT2D eigenvalue weighted by molar-refractivity contribution is 0.102. The van der Waals surface area contributed by atoms with Crippen molar-refractivity contribution >= 4 is 17.4 Å². The van der Waals surface area contributed by atoms with Crippen molar-refractivity contribution in [1.82, 2.24) is 0 Å². The van der Waals surface area contributed by atoms with Gasteiger partial charge in [0, 0.05) is 11.3 Å². The zero-order valence-electron chi connectivity index (χ0n) is 11.4. The molecular weight excluding hydrogens is 270 g/mol. The second-order valence-electron chi connectivity index (χ2n) is 4.49. The molecule has 6 nitrogen and oxygen atoms in total. The van der Waals surface area contributed by atoms with Gasteiger partial charge in [0.25, 0.3) is 5.91 Å². The molecule has 2 rings (SSSR count). The number of nitrogens with zero attached hydrogens (tertiary/aromatic N) is 1. The number of amidine groups is 1. The average Bonchev–Trinajstić information content (AvgIpc) is 2.49. The standard InChI is InChI=1S/C15H15N3O3/c1-9-4-2-7-12(13(9)19)15(20)17-11-6-3-5-10(8-11)14(16)18-21/h2-8,19,21H,1H3,(H2,16,18)(H,17,20). The van der Waals surface area contributed by atoms with Crippen molar-refractivity contribution < 1.29 is 15.1 Å². The van der Waals surface area contributed by atoms with Crippen LogP contribution in [0.5, 0.6) is 5.75 Å². The van der Waals surface area contributed by atoms with E-state index in [1.807, 2.05) is 0 Å². The first-order valence-corrected chi connectivity index (χ1v) is 6.21. The Balaban J connectivity index is 2.26. The second-order valence-corrected chi connectivity index (χ2v) is 4.49. The summed E-state index contributed by atoms with van der Waals surface area (Å²) in [5.74, 6) is -0.542. The highest BCUT2D eigenvalue weighted by molar-refractivity contribution is 6.07. The Morgan fingerprint density at radius 1 is 1.24 bits per heavy atom. The minimum Gasteiger partial charge on any atom is -0.507 e. The molecule has 0 aliphatic rings. The molecule has 0 aliphatic carbocycles. The summed E-state index contributed by atoms with van der Waals surface area (Å²) in [5.41, 5.74) is 7.25.